The molecule has 2 heterocycles. The molecule has 1 aromatic heterocycles. The summed E-state index contributed by atoms with van der Waals surface area (Å²) in [5.41, 5.74) is 1.05. The minimum Gasteiger partial charge on any atom is -0.464 e. The summed E-state index contributed by atoms with van der Waals surface area (Å²) in [5.74, 6) is -0.475. The number of H-pyrrole nitrogens is 1. The molecular weight excluding hydrogens is 283 g/mol. The van der Waals surface area contributed by atoms with Crippen LogP contribution < -0.4 is 5.46 Å². The maximum absolute atomic E-state index is 11.8. The Kier molecular flexibility index (Phi) is 3.30. The number of fused-ring (bicyclic) bond motifs is 1. The normalized spacial score (nSPS) is 19.6. The zero-order valence-corrected chi connectivity index (χ0v) is 13.4. The van der Waals surface area contributed by atoms with Gasteiger partial charge in [0.05, 0.1) is 23.8 Å². The SMILES string of the molecule is COC(=O)c1n[nH]c2ccc(B3OC(C)(C)C(C)(C)O3)cc12. The van der Waals surface area contributed by atoms with E-state index < -0.39 is 24.3 Å². The van der Waals surface area contributed by atoms with Crippen molar-refractivity contribution in [3.05, 3.63) is 23.9 Å². The van der Waals surface area contributed by atoms with Crippen LogP contribution in [0.1, 0.15) is 38.2 Å². The summed E-state index contributed by atoms with van der Waals surface area (Å²) in [4.78, 5) is 11.8. The summed E-state index contributed by atoms with van der Waals surface area (Å²) >= 11 is 0. The van der Waals surface area contributed by atoms with Crippen molar-refractivity contribution < 1.29 is 18.8 Å². The maximum atomic E-state index is 11.8. The van der Waals surface area contributed by atoms with Crippen LogP contribution in [0.5, 0.6) is 0 Å². The molecule has 1 saturated heterocycles. The van der Waals surface area contributed by atoms with E-state index in [1.807, 2.05) is 45.9 Å². The number of rotatable bonds is 2. The molecule has 0 unspecified atom stereocenters. The predicted octanol–water partition coefficient (Wildman–Crippen LogP) is 1.65. The average Bonchev–Trinajstić information content (AvgIpc) is 2.96. The van der Waals surface area contributed by atoms with E-state index in [0.29, 0.717) is 5.39 Å². The van der Waals surface area contributed by atoms with Crippen LogP contribution in [-0.2, 0) is 14.0 Å². The van der Waals surface area contributed by atoms with E-state index in [9.17, 15) is 4.79 Å². The van der Waals surface area contributed by atoms with Crippen molar-refractivity contribution in [1.29, 1.82) is 0 Å². The van der Waals surface area contributed by atoms with Crippen LogP contribution in [0, 0.1) is 0 Å². The smallest absolute Gasteiger partial charge is 0.464 e. The van der Waals surface area contributed by atoms with Crippen molar-refractivity contribution in [2.45, 2.75) is 38.9 Å². The first-order chi connectivity index (χ1) is 10.2. The highest BCUT2D eigenvalue weighted by molar-refractivity contribution is 6.62. The quantitative estimate of drug-likeness (QED) is 0.674. The van der Waals surface area contributed by atoms with E-state index >= 15 is 0 Å². The molecule has 0 aliphatic carbocycles. The van der Waals surface area contributed by atoms with Gasteiger partial charge in [-0.3, -0.25) is 5.10 Å². The number of esters is 1. The lowest BCUT2D eigenvalue weighted by molar-refractivity contribution is 0.00578. The topological polar surface area (TPSA) is 73.4 Å². The lowest BCUT2D eigenvalue weighted by Gasteiger charge is -2.32. The van der Waals surface area contributed by atoms with E-state index in [1.54, 1.807) is 0 Å². The molecule has 7 heteroatoms. The fourth-order valence-corrected chi connectivity index (χ4v) is 2.41. The highest BCUT2D eigenvalue weighted by Crippen LogP contribution is 2.36. The second-order valence-corrected chi connectivity index (χ2v) is 6.46. The van der Waals surface area contributed by atoms with Crippen LogP contribution in [-0.4, -0.2) is 41.6 Å². The minimum absolute atomic E-state index is 0.260. The molecule has 0 atom stereocenters. The van der Waals surface area contributed by atoms with Gasteiger partial charge in [0.1, 0.15) is 0 Å². The number of aromatic nitrogens is 2. The van der Waals surface area contributed by atoms with Crippen LogP contribution >= 0.6 is 0 Å². The van der Waals surface area contributed by atoms with Crippen molar-refractivity contribution in [2.24, 2.45) is 0 Å². The van der Waals surface area contributed by atoms with Crippen molar-refractivity contribution in [2.75, 3.05) is 7.11 Å². The Bertz CT molecular complexity index is 722. The van der Waals surface area contributed by atoms with Gasteiger partial charge < -0.3 is 14.0 Å². The predicted molar refractivity (Wildman–Crippen MR) is 83.1 cm³/mol. The Balaban J connectivity index is 2.01. The number of nitrogens with zero attached hydrogens (tertiary/aromatic N) is 1. The van der Waals surface area contributed by atoms with Crippen molar-refractivity contribution in [3.63, 3.8) is 0 Å². The zero-order valence-electron chi connectivity index (χ0n) is 13.4. The largest absolute Gasteiger partial charge is 0.494 e. The molecule has 116 valence electrons. The summed E-state index contributed by atoms with van der Waals surface area (Å²) in [7, 11) is 0.857. The van der Waals surface area contributed by atoms with Gasteiger partial charge in [0.2, 0.25) is 0 Å². The number of carbonyl (C=O) groups excluding carboxylic acids is 1. The van der Waals surface area contributed by atoms with Gasteiger partial charge in [-0.2, -0.15) is 5.10 Å². The number of ether oxygens (including phenoxy) is 1. The van der Waals surface area contributed by atoms with E-state index in [2.05, 4.69) is 10.2 Å². The number of hydrogen-bond acceptors (Lipinski definition) is 5. The van der Waals surface area contributed by atoms with Crippen molar-refractivity contribution in [3.8, 4) is 0 Å². The molecule has 0 amide bonds. The number of aromatic amines is 1. The number of hydrogen-bond donors (Lipinski definition) is 1. The molecule has 0 saturated carbocycles. The van der Waals surface area contributed by atoms with Crippen molar-refractivity contribution >= 4 is 29.5 Å². The molecule has 0 radical (unpaired) electrons. The molecule has 1 N–H and O–H groups in total. The summed E-state index contributed by atoms with van der Waals surface area (Å²) in [6, 6.07) is 5.62. The van der Waals surface area contributed by atoms with Gasteiger partial charge in [-0.25, -0.2) is 4.79 Å². The molecule has 2 aromatic rings. The first-order valence-corrected chi connectivity index (χ1v) is 7.17. The number of benzene rings is 1. The van der Waals surface area contributed by atoms with Gasteiger partial charge in [-0.05, 0) is 39.2 Å². The first kappa shape index (κ1) is 15.1. The highest BCUT2D eigenvalue weighted by Gasteiger charge is 2.51. The van der Waals surface area contributed by atoms with Gasteiger partial charge in [0.15, 0.2) is 5.69 Å². The molecule has 1 aliphatic heterocycles. The van der Waals surface area contributed by atoms with Crippen LogP contribution in [0.25, 0.3) is 10.9 Å². The van der Waals surface area contributed by atoms with Crippen LogP contribution in [0.3, 0.4) is 0 Å². The Labute approximate surface area is 129 Å². The minimum atomic E-state index is -0.477. The summed E-state index contributed by atoms with van der Waals surface area (Å²) in [5, 5.41) is 7.52. The van der Waals surface area contributed by atoms with Gasteiger partial charge >= 0.3 is 13.1 Å². The Morgan fingerprint density at radius 2 is 1.86 bits per heavy atom. The fraction of sp³-hybridized carbons (Fsp3) is 0.467. The summed E-state index contributed by atoms with van der Waals surface area (Å²) < 4.78 is 16.8. The number of nitrogens with one attached hydrogen (secondary N) is 1. The lowest BCUT2D eigenvalue weighted by atomic mass is 9.78. The zero-order chi connectivity index (χ0) is 16.1. The van der Waals surface area contributed by atoms with Gasteiger partial charge in [-0.15, -0.1) is 0 Å². The highest BCUT2D eigenvalue weighted by atomic mass is 16.7. The van der Waals surface area contributed by atoms with E-state index in [4.69, 9.17) is 14.0 Å². The Morgan fingerprint density at radius 3 is 2.45 bits per heavy atom. The maximum Gasteiger partial charge on any atom is 0.494 e. The second kappa shape index (κ2) is 4.82. The third-order valence-corrected chi connectivity index (χ3v) is 4.49. The van der Waals surface area contributed by atoms with Crippen molar-refractivity contribution in [1.82, 2.24) is 10.2 Å². The average molecular weight is 302 g/mol. The Hall–Kier alpha value is -1.86. The molecule has 0 spiro atoms. The molecule has 22 heavy (non-hydrogen) atoms. The van der Waals surface area contributed by atoms with Gasteiger partial charge in [0.25, 0.3) is 0 Å². The molecule has 1 fully saturated rings. The molecule has 1 aliphatic rings. The monoisotopic (exact) mass is 302 g/mol. The molecule has 6 nitrogen and oxygen atoms in total. The van der Waals surface area contributed by atoms with Gasteiger partial charge in [-0.1, -0.05) is 12.1 Å². The summed E-state index contributed by atoms with van der Waals surface area (Å²) in [6.07, 6.45) is 0. The van der Waals surface area contributed by atoms with Crippen LogP contribution in [0.15, 0.2) is 18.2 Å². The summed E-state index contributed by atoms with van der Waals surface area (Å²) in [6.45, 7) is 8.01. The Morgan fingerprint density at radius 1 is 1.23 bits per heavy atom. The third-order valence-electron chi connectivity index (χ3n) is 4.49. The van der Waals surface area contributed by atoms with E-state index in [1.165, 1.54) is 7.11 Å². The second-order valence-electron chi connectivity index (χ2n) is 6.46. The lowest BCUT2D eigenvalue weighted by Crippen LogP contribution is -2.41. The standard InChI is InChI=1S/C15H19BN2O4/c1-14(2)15(3,4)22-16(21-14)9-6-7-11-10(8-9)12(18-17-11)13(19)20-5/h6-8H,1-5H3,(H,17,18). The first-order valence-electron chi connectivity index (χ1n) is 7.17. The molecular formula is C15H19BN2O4. The molecule has 3 rings (SSSR count). The van der Waals surface area contributed by atoms with E-state index in [-0.39, 0.29) is 5.69 Å². The third kappa shape index (κ3) is 2.21. The van der Waals surface area contributed by atoms with Crippen LogP contribution in [0.4, 0.5) is 0 Å². The fourth-order valence-electron chi connectivity index (χ4n) is 2.41. The number of methoxy groups -OCH3 is 1. The molecule has 1 aromatic carbocycles. The molecule has 0 bridgehead atoms. The van der Waals surface area contributed by atoms with Gasteiger partial charge in [0, 0.05) is 5.39 Å². The number of carbonyl (C=O) groups is 1. The van der Waals surface area contributed by atoms with Crippen LogP contribution in [0.2, 0.25) is 0 Å². The van der Waals surface area contributed by atoms with E-state index in [0.717, 1.165) is 11.0 Å².